The maximum absolute atomic E-state index is 6.42. The van der Waals surface area contributed by atoms with Crippen molar-refractivity contribution >= 4 is 39.8 Å². The number of nitrogens with one attached hydrogen (secondary N) is 1. The number of pyridine rings is 1. The average molecular weight is 309 g/mol. The summed E-state index contributed by atoms with van der Waals surface area (Å²) >= 11 is 12.4. The molecule has 1 aliphatic carbocycles. The highest BCUT2D eigenvalue weighted by Crippen LogP contribution is 2.30. The van der Waals surface area contributed by atoms with Crippen LogP contribution in [0.2, 0.25) is 5.02 Å². The summed E-state index contributed by atoms with van der Waals surface area (Å²) in [6.07, 6.45) is 6.74. The van der Waals surface area contributed by atoms with Gasteiger partial charge in [0.1, 0.15) is 0 Å². The van der Waals surface area contributed by atoms with Crippen molar-refractivity contribution in [1.82, 2.24) is 4.98 Å². The molecule has 0 aliphatic heterocycles. The van der Waals surface area contributed by atoms with E-state index in [4.69, 9.17) is 23.2 Å². The molecule has 0 amide bonds. The standard InChI is InChI=1S/C16H18Cl2N2/c17-12-5-6-13-15(7-8-19-16(13)9-12)20-10-11-3-1-2-4-14(11)18/h5-9,11,14H,1-4,10H2,(H,19,20). The fraction of sp³-hybridized carbons (Fsp3) is 0.438. The van der Waals surface area contributed by atoms with Crippen LogP contribution >= 0.6 is 23.2 Å². The molecule has 1 N–H and O–H groups in total. The molecule has 1 heterocycles. The van der Waals surface area contributed by atoms with Crippen LogP contribution in [0.15, 0.2) is 30.5 Å². The van der Waals surface area contributed by atoms with Crippen molar-refractivity contribution in [1.29, 1.82) is 0 Å². The largest absolute Gasteiger partial charge is 0.384 e. The summed E-state index contributed by atoms with van der Waals surface area (Å²) in [4.78, 5) is 4.36. The molecule has 4 heteroatoms. The lowest BCUT2D eigenvalue weighted by Gasteiger charge is -2.27. The van der Waals surface area contributed by atoms with Gasteiger partial charge < -0.3 is 5.32 Å². The van der Waals surface area contributed by atoms with Gasteiger partial charge in [-0.25, -0.2) is 0 Å². The van der Waals surface area contributed by atoms with E-state index in [0.29, 0.717) is 11.3 Å². The second kappa shape index (κ2) is 6.19. The quantitative estimate of drug-likeness (QED) is 0.798. The molecule has 106 valence electrons. The smallest absolute Gasteiger partial charge is 0.0737 e. The molecule has 0 radical (unpaired) electrons. The summed E-state index contributed by atoms with van der Waals surface area (Å²) in [7, 11) is 0. The van der Waals surface area contributed by atoms with Gasteiger partial charge in [-0.2, -0.15) is 0 Å². The Morgan fingerprint density at radius 2 is 2.05 bits per heavy atom. The van der Waals surface area contributed by atoms with E-state index in [1.54, 1.807) is 0 Å². The van der Waals surface area contributed by atoms with Crippen molar-refractivity contribution in [3.05, 3.63) is 35.5 Å². The van der Waals surface area contributed by atoms with Crippen molar-refractivity contribution < 1.29 is 0 Å². The second-order valence-electron chi connectivity index (χ2n) is 5.46. The first-order valence-corrected chi connectivity index (χ1v) is 7.98. The Balaban J connectivity index is 1.77. The summed E-state index contributed by atoms with van der Waals surface area (Å²) in [5.74, 6) is 0.556. The summed E-state index contributed by atoms with van der Waals surface area (Å²) in [6.45, 7) is 0.926. The molecule has 2 aromatic rings. The van der Waals surface area contributed by atoms with Gasteiger partial charge in [0.05, 0.1) is 5.52 Å². The first-order valence-electron chi connectivity index (χ1n) is 7.16. The molecule has 1 fully saturated rings. The van der Waals surface area contributed by atoms with Crippen LogP contribution in [0, 0.1) is 5.92 Å². The van der Waals surface area contributed by atoms with Gasteiger partial charge in [0.2, 0.25) is 0 Å². The van der Waals surface area contributed by atoms with E-state index in [9.17, 15) is 0 Å². The summed E-state index contributed by atoms with van der Waals surface area (Å²) in [6, 6.07) is 7.84. The number of halogens is 2. The Hall–Kier alpha value is -0.990. The first-order chi connectivity index (χ1) is 9.74. The summed E-state index contributed by atoms with van der Waals surface area (Å²) in [5, 5.41) is 5.67. The third-order valence-corrected chi connectivity index (χ3v) is 4.89. The Morgan fingerprint density at radius 3 is 2.90 bits per heavy atom. The Morgan fingerprint density at radius 1 is 1.20 bits per heavy atom. The maximum atomic E-state index is 6.42. The lowest BCUT2D eigenvalue weighted by Crippen LogP contribution is -2.26. The number of nitrogens with zero attached hydrogens (tertiary/aromatic N) is 1. The van der Waals surface area contributed by atoms with Crippen molar-refractivity contribution in [2.45, 2.75) is 31.1 Å². The zero-order chi connectivity index (χ0) is 13.9. The SMILES string of the molecule is Clc1ccc2c(NCC3CCCCC3Cl)ccnc2c1. The van der Waals surface area contributed by atoms with Crippen LogP contribution in [0.1, 0.15) is 25.7 Å². The van der Waals surface area contributed by atoms with E-state index in [1.165, 1.54) is 19.3 Å². The molecule has 1 aromatic carbocycles. The van der Waals surface area contributed by atoms with Crippen LogP contribution in [0.4, 0.5) is 5.69 Å². The molecule has 1 aliphatic rings. The number of hydrogen-bond acceptors (Lipinski definition) is 2. The summed E-state index contributed by atoms with van der Waals surface area (Å²) in [5.41, 5.74) is 2.04. The number of alkyl halides is 1. The van der Waals surface area contributed by atoms with Gasteiger partial charge in [-0.15, -0.1) is 11.6 Å². The molecule has 1 aromatic heterocycles. The van der Waals surface area contributed by atoms with Gasteiger partial charge in [0.15, 0.2) is 0 Å². The Labute approximate surface area is 129 Å². The minimum Gasteiger partial charge on any atom is -0.384 e. The Kier molecular flexibility index (Phi) is 4.32. The number of aromatic nitrogens is 1. The molecule has 0 spiro atoms. The van der Waals surface area contributed by atoms with E-state index in [2.05, 4.69) is 10.3 Å². The van der Waals surface area contributed by atoms with Crippen molar-refractivity contribution in [3.8, 4) is 0 Å². The minimum atomic E-state index is 0.304. The highest BCUT2D eigenvalue weighted by molar-refractivity contribution is 6.31. The number of hydrogen-bond donors (Lipinski definition) is 1. The lowest BCUT2D eigenvalue weighted by atomic mass is 9.88. The van der Waals surface area contributed by atoms with E-state index in [1.807, 2.05) is 30.5 Å². The van der Waals surface area contributed by atoms with Crippen LogP contribution in [0.3, 0.4) is 0 Å². The van der Waals surface area contributed by atoms with Gasteiger partial charge in [0, 0.05) is 34.2 Å². The van der Waals surface area contributed by atoms with Gasteiger partial charge in [-0.05, 0) is 43.0 Å². The van der Waals surface area contributed by atoms with Gasteiger partial charge in [-0.3, -0.25) is 4.98 Å². The highest BCUT2D eigenvalue weighted by atomic mass is 35.5. The third-order valence-electron chi connectivity index (χ3n) is 4.08. The fourth-order valence-corrected chi connectivity index (χ4v) is 3.44. The molecule has 1 saturated carbocycles. The fourth-order valence-electron chi connectivity index (χ4n) is 2.91. The molecule has 2 unspecified atom stereocenters. The van der Waals surface area contributed by atoms with E-state index >= 15 is 0 Å². The molecular formula is C16H18Cl2N2. The van der Waals surface area contributed by atoms with Crippen molar-refractivity contribution in [3.63, 3.8) is 0 Å². The van der Waals surface area contributed by atoms with Gasteiger partial charge in [0.25, 0.3) is 0 Å². The van der Waals surface area contributed by atoms with Crippen LogP contribution in [0.5, 0.6) is 0 Å². The molecule has 2 nitrogen and oxygen atoms in total. The van der Waals surface area contributed by atoms with Crippen LogP contribution in [-0.4, -0.2) is 16.9 Å². The minimum absolute atomic E-state index is 0.304. The predicted molar refractivity (Wildman–Crippen MR) is 86.8 cm³/mol. The monoisotopic (exact) mass is 308 g/mol. The van der Waals surface area contributed by atoms with E-state index in [-0.39, 0.29) is 0 Å². The molecule has 0 saturated heterocycles. The summed E-state index contributed by atoms with van der Waals surface area (Å²) < 4.78 is 0. The van der Waals surface area contributed by atoms with Gasteiger partial charge in [-0.1, -0.05) is 24.4 Å². The van der Waals surface area contributed by atoms with E-state index in [0.717, 1.165) is 34.6 Å². The zero-order valence-corrected chi connectivity index (χ0v) is 12.8. The van der Waals surface area contributed by atoms with Crippen LogP contribution in [0.25, 0.3) is 10.9 Å². The molecule has 20 heavy (non-hydrogen) atoms. The number of rotatable bonds is 3. The maximum Gasteiger partial charge on any atom is 0.0737 e. The first kappa shape index (κ1) is 14.0. The highest BCUT2D eigenvalue weighted by Gasteiger charge is 2.22. The number of benzene rings is 1. The lowest BCUT2D eigenvalue weighted by molar-refractivity contribution is 0.381. The Bertz CT molecular complexity index is 600. The second-order valence-corrected chi connectivity index (χ2v) is 6.46. The zero-order valence-electron chi connectivity index (χ0n) is 11.3. The molecule has 3 rings (SSSR count). The number of fused-ring (bicyclic) bond motifs is 1. The molecular weight excluding hydrogens is 291 g/mol. The van der Waals surface area contributed by atoms with Crippen molar-refractivity contribution in [2.75, 3.05) is 11.9 Å². The van der Waals surface area contributed by atoms with Crippen LogP contribution < -0.4 is 5.32 Å². The van der Waals surface area contributed by atoms with E-state index < -0.39 is 0 Å². The topological polar surface area (TPSA) is 24.9 Å². The van der Waals surface area contributed by atoms with Gasteiger partial charge >= 0.3 is 0 Å². The number of anilines is 1. The predicted octanol–water partition coefficient (Wildman–Crippen LogP) is 5.10. The average Bonchev–Trinajstić information content (AvgIpc) is 2.46. The van der Waals surface area contributed by atoms with Crippen LogP contribution in [-0.2, 0) is 0 Å². The molecule has 2 atom stereocenters. The van der Waals surface area contributed by atoms with Crippen molar-refractivity contribution in [2.24, 2.45) is 5.92 Å². The molecule has 0 bridgehead atoms. The third kappa shape index (κ3) is 3.02. The normalized spacial score (nSPS) is 22.9.